The molecular formula is C59H34N4O2S. The van der Waals surface area contributed by atoms with E-state index in [0.717, 1.165) is 77.3 Å². The van der Waals surface area contributed by atoms with Gasteiger partial charge in [-0.3, -0.25) is 0 Å². The summed E-state index contributed by atoms with van der Waals surface area (Å²) in [5.41, 5.74) is 9.37. The molecule has 15 rings (SSSR count). The lowest BCUT2D eigenvalue weighted by atomic mass is 10.0. The molecule has 0 saturated carbocycles. The van der Waals surface area contributed by atoms with Crippen LogP contribution in [0.5, 0.6) is 0 Å². The third kappa shape index (κ3) is 5.23. The number of para-hydroxylation sites is 2. The number of aliphatic imine (C=N–C) groups is 2. The van der Waals surface area contributed by atoms with Crippen molar-refractivity contribution in [2.24, 2.45) is 9.98 Å². The maximum atomic E-state index is 6.84. The molecule has 4 aromatic heterocycles. The molecule has 1 atom stereocenters. The third-order valence-electron chi connectivity index (χ3n) is 13.6. The van der Waals surface area contributed by atoms with Crippen molar-refractivity contribution in [1.82, 2.24) is 9.88 Å². The van der Waals surface area contributed by atoms with Gasteiger partial charge in [0.25, 0.3) is 0 Å². The summed E-state index contributed by atoms with van der Waals surface area (Å²) in [7, 11) is 0. The molecule has 1 N–H and O–H groups in total. The number of nitrogens with zero attached hydrogens (tertiary/aromatic N) is 3. The van der Waals surface area contributed by atoms with Crippen molar-refractivity contribution in [1.29, 1.82) is 0 Å². The molecule has 6 nitrogen and oxygen atoms in total. The van der Waals surface area contributed by atoms with Gasteiger partial charge in [-0.05, 0) is 64.7 Å². The number of hydrogen-bond acceptors (Lipinski definition) is 6. The summed E-state index contributed by atoms with van der Waals surface area (Å²) in [6.45, 7) is 0. The van der Waals surface area contributed by atoms with Gasteiger partial charge < -0.3 is 18.7 Å². The minimum absolute atomic E-state index is 0.483. The normalized spacial score (nSPS) is 14.5. The van der Waals surface area contributed by atoms with E-state index in [1.807, 2.05) is 24.3 Å². The number of aromatic nitrogens is 1. The summed E-state index contributed by atoms with van der Waals surface area (Å²) < 4.78 is 18.2. The predicted molar refractivity (Wildman–Crippen MR) is 275 cm³/mol. The van der Waals surface area contributed by atoms with Crippen molar-refractivity contribution >= 4 is 130 Å². The summed E-state index contributed by atoms with van der Waals surface area (Å²) in [6.07, 6.45) is -0.483. The van der Waals surface area contributed by atoms with Crippen molar-refractivity contribution in [3.63, 3.8) is 0 Å². The first kappa shape index (κ1) is 35.9. The van der Waals surface area contributed by atoms with Gasteiger partial charge in [0.1, 0.15) is 34.3 Å². The summed E-state index contributed by atoms with van der Waals surface area (Å²) >= 11 is 1.80. The van der Waals surface area contributed by atoms with Gasteiger partial charge in [-0.15, -0.1) is 11.3 Å². The smallest absolute Gasteiger partial charge is 0.159 e. The van der Waals surface area contributed by atoms with E-state index in [0.29, 0.717) is 11.7 Å². The Labute approximate surface area is 379 Å². The standard InChI is InChI=1S/C59H34N4O2S/c1-2-13-35-28-48-46(27-34(35)12-1)44-26-21-33-11-3-4-14-39(33)56(44)63(48)38-31-47(55-45-17-6-9-19-50(45)65-52(55)32-38)59-61-57(36-22-24-41-40-15-5-8-18-49(40)64-51(41)29-36)60-58(62-59)37-23-25-43-42-16-7-10-20-53(42)66-54(43)30-37/h1-32,57H,(H,60,61,62). The van der Waals surface area contributed by atoms with Crippen LogP contribution in [0.3, 0.4) is 0 Å². The van der Waals surface area contributed by atoms with Crippen LogP contribution in [0.4, 0.5) is 0 Å². The quantitative estimate of drug-likeness (QED) is 0.192. The van der Waals surface area contributed by atoms with E-state index < -0.39 is 6.17 Å². The zero-order chi connectivity index (χ0) is 43.0. The Bertz CT molecular complexity index is 4470. The van der Waals surface area contributed by atoms with Gasteiger partial charge in [-0.2, -0.15) is 0 Å². The molecule has 0 saturated heterocycles. The minimum atomic E-state index is -0.483. The molecule has 1 aliphatic heterocycles. The second-order valence-electron chi connectivity index (χ2n) is 17.3. The van der Waals surface area contributed by atoms with Crippen LogP contribution in [0.2, 0.25) is 0 Å². The van der Waals surface area contributed by atoms with Crippen LogP contribution in [0.1, 0.15) is 22.9 Å². The van der Waals surface area contributed by atoms with Crippen LogP contribution in [0, 0.1) is 0 Å². The van der Waals surface area contributed by atoms with Gasteiger partial charge in [0.05, 0.1) is 16.7 Å². The summed E-state index contributed by atoms with van der Waals surface area (Å²) in [5.74, 6) is 1.36. The zero-order valence-corrected chi connectivity index (χ0v) is 35.9. The molecular weight excluding hydrogens is 829 g/mol. The largest absolute Gasteiger partial charge is 0.456 e. The van der Waals surface area contributed by atoms with Crippen LogP contribution in [-0.4, -0.2) is 16.2 Å². The predicted octanol–water partition coefficient (Wildman–Crippen LogP) is 15.8. The van der Waals surface area contributed by atoms with Gasteiger partial charge in [0, 0.05) is 80.6 Å². The molecule has 66 heavy (non-hydrogen) atoms. The van der Waals surface area contributed by atoms with Gasteiger partial charge in [0.15, 0.2) is 5.84 Å². The summed E-state index contributed by atoms with van der Waals surface area (Å²) in [4.78, 5) is 10.9. The second-order valence-corrected chi connectivity index (χ2v) is 18.4. The molecule has 5 heterocycles. The molecule has 14 aromatic rings. The van der Waals surface area contributed by atoms with E-state index >= 15 is 0 Å². The van der Waals surface area contributed by atoms with Crippen molar-refractivity contribution in [2.75, 3.05) is 0 Å². The highest BCUT2D eigenvalue weighted by atomic mass is 32.1. The number of rotatable bonds is 4. The Hall–Kier alpha value is -8.52. The lowest BCUT2D eigenvalue weighted by Crippen LogP contribution is -2.33. The average molecular weight is 863 g/mol. The fourth-order valence-electron chi connectivity index (χ4n) is 10.6. The van der Waals surface area contributed by atoms with E-state index in [9.17, 15) is 0 Å². The van der Waals surface area contributed by atoms with E-state index in [1.165, 1.54) is 52.5 Å². The minimum Gasteiger partial charge on any atom is -0.456 e. The number of amidine groups is 2. The first-order valence-electron chi connectivity index (χ1n) is 22.2. The number of thiophene rings is 1. The molecule has 10 aromatic carbocycles. The van der Waals surface area contributed by atoms with Crippen molar-refractivity contribution < 1.29 is 8.83 Å². The number of benzene rings is 10. The molecule has 0 fully saturated rings. The Morgan fingerprint density at radius 2 is 1.14 bits per heavy atom. The Morgan fingerprint density at radius 3 is 2.02 bits per heavy atom. The lowest BCUT2D eigenvalue weighted by Gasteiger charge is -2.24. The maximum absolute atomic E-state index is 6.84. The van der Waals surface area contributed by atoms with Crippen LogP contribution in [-0.2, 0) is 0 Å². The highest BCUT2D eigenvalue weighted by Crippen LogP contribution is 2.42. The van der Waals surface area contributed by atoms with E-state index in [-0.39, 0.29) is 0 Å². The van der Waals surface area contributed by atoms with Crippen LogP contribution < -0.4 is 5.32 Å². The lowest BCUT2D eigenvalue weighted by molar-refractivity contribution is 0.655. The molecule has 0 spiro atoms. The molecule has 0 amide bonds. The fourth-order valence-corrected chi connectivity index (χ4v) is 11.7. The summed E-state index contributed by atoms with van der Waals surface area (Å²) in [5, 5.41) is 17.7. The molecule has 1 aliphatic rings. The topological polar surface area (TPSA) is 68.0 Å². The molecule has 0 radical (unpaired) electrons. The van der Waals surface area contributed by atoms with E-state index in [4.69, 9.17) is 18.8 Å². The first-order valence-corrected chi connectivity index (χ1v) is 23.1. The summed E-state index contributed by atoms with van der Waals surface area (Å²) in [6, 6.07) is 69.2. The van der Waals surface area contributed by atoms with E-state index in [1.54, 1.807) is 11.3 Å². The molecule has 0 aliphatic carbocycles. The van der Waals surface area contributed by atoms with Gasteiger partial charge >= 0.3 is 0 Å². The zero-order valence-electron chi connectivity index (χ0n) is 35.1. The molecule has 308 valence electrons. The molecule has 7 heteroatoms. The van der Waals surface area contributed by atoms with Gasteiger partial charge in [-0.1, -0.05) is 140 Å². The average Bonchev–Trinajstić information content (AvgIpc) is 4.13. The van der Waals surface area contributed by atoms with E-state index in [2.05, 4.69) is 180 Å². The monoisotopic (exact) mass is 862 g/mol. The number of fused-ring (bicyclic) bond motifs is 15. The second kappa shape index (κ2) is 13.5. The van der Waals surface area contributed by atoms with Crippen LogP contribution in [0.25, 0.3) is 113 Å². The molecule has 1 unspecified atom stereocenters. The fraction of sp³-hybridized carbons (Fsp3) is 0.0169. The maximum Gasteiger partial charge on any atom is 0.159 e. The SMILES string of the molecule is c1ccc2cc3c(cc2c1)c1ccc2ccccc2c1n3-c1cc(C2=NC(c3ccc4c(c3)sc3ccccc34)=NC(c3ccc4c(c3)oc3ccccc34)N2)c2c(c1)oc1ccccc12. The Balaban J connectivity index is 1.00. The van der Waals surface area contributed by atoms with Crippen molar-refractivity contribution in [3.05, 3.63) is 211 Å². The first-order chi connectivity index (χ1) is 32.7. The van der Waals surface area contributed by atoms with Crippen LogP contribution in [0.15, 0.2) is 213 Å². The van der Waals surface area contributed by atoms with Gasteiger partial charge in [0.2, 0.25) is 0 Å². The highest BCUT2D eigenvalue weighted by molar-refractivity contribution is 7.25. The van der Waals surface area contributed by atoms with Crippen molar-refractivity contribution in [2.45, 2.75) is 6.17 Å². The highest BCUT2D eigenvalue weighted by Gasteiger charge is 2.27. The van der Waals surface area contributed by atoms with Gasteiger partial charge in [-0.25, -0.2) is 9.98 Å². The number of furan rings is 2. The van der Waals surface area contributed by atoms with Crippen LogP contribution >= 0.6 is 11.3 Å². The Morgan fingerprint density at radius 1 is 0.470 bits per heavy atom. The Kier molecular flexibility index (Phi) is 7.34. The number of nitrogens with one attached hydrogen (secondary N) is 1. The van der Waals surface area contributed by atoms with Crippen molar-refractivity contribution in [3.8, 4) is 5.69 Å². The molecule has 0 bridgehead atoms. The number of hydrogen-bond donors (Lipinski definition) is 1. The third-order valence-corrected chi connectivity index (χ3v) is 14.7.